The highest BCUT2D eigenvalue weighted by Gasteiger charge is 2.09. The van der Waals surface area contributed by atoms with Crippen LogP contribution in [0.1, 0.15) is 38.2 Å². The molecule has 0 bridgehead atoms. The molecule has 0 aliphatic carbocycles. The van der Waals surface area contributed by atoms with Gasteiger partial charge in [-0.15, -0.1) is 0 Å². The first-order valence-electron chi connectivity index (χ1n) is 6.71. The summed E-state index contributed by atoms with van der Waals surface area (Å²) in [6.45, 7) is 5.10. The number of carbonyl (C=O) groups excluding carboxylic acids is 1. The first-order valence-corrected chi connectivity index (χ1v) is 6.71. The molecule has 0 fully saturated rings. The van der Waals surface area contributed by atoms with E-state index in [1.54, 1.807) is 7.11 Å². The Morgan fingerprint density at radius 3 is 2.68 bits per heavy atom. The smallest absolute Gasteiger partial charge is 0.224 e. The van der Waals surface area contributed by atoms with Gasteiger partial charge >= 0.3 is 0 Å². The first-order chi connectivity index (χ1) is 9.08. The molecule has 106 valence electrons. The van der Waals surface area contributed by atoms with Crippen LogP contribution in [0.25, 0.3) is 0 Å². The number of hydrogen-bond donors (Lipinski definition) is 2. The average molecular weight is 264 g/mol. The number of ether oxygens (including phenoxy) is 1. The van der Waals surface area contributed by atoms with Crippen LogP contribution >= 0.6 is 0 Å². The highest BCUT2D eigenvalue weighted by molar-refractivity contribution is 5.92. The van der Waals surface area contributed by atoms with Crippen LogP contribution < -0.4 is 15.4 Å². The SMILES string of the molecule is CNCCCC(=O)Nc1ccc(C(C)C)cc1OC. The molecule has 2 N–H and O–H groups in total. The van der Waals surface area contributed by atoms with Crippen LogP contribution in [0.3, 0.4) is 0 Å². The summed E-state index contributed by atoms with van der Waals surface area (Å²) in [6.07, 6.45) is 1.34. The fourth-order valence-corrected chi connectivity index (χ4v) is 1.81. The predicted octanol–water partition coefficient (Wildman–Crippen LogP) is 2.76. The molecule has 0 aliphatic rings. The number of amides is 1. The minimum absolute atomic E-state index is 0.0193. The van der Waals surface area contributed by atoms with Gasteiger partial charge in [-0.3, -0.25) is 4.79 Å². The van der Waals surface area contributed by atoms with Gasteiger partial charge in [0.25, 0.3) is 0 Å². The molecular weight excluding hydrogens is 240 g/mol. The van der Waals surface area contributed by atoms with Crippen LogP contribution in [0.2, 0.25) is 0 Å². The summed E-state index contributed by atoms with van der Waals surface area (Å²) >= 11 is 0. The summed E-state index contributed by atoms with van der Waals surface area (Å²) < 4.78 is 5.34. The Morgan fingerprint density at radius 1 is 1.37 bits per heavy atom. The zero-order chi connectivity index (χ0) is 14.3. The van der Waals surface area contributed by atoms with E-state index in [9.17, 15) is 4.79 Å². The van der Waals surface area contributed by atoms with Gasteiger partial charge in [0.2, 0.25) is 5.91 Å². The summed E-state index contributed by atoms with van der Waals surface area (Å²) in [6, 6.07) is 5.91. The summed E-state index contributed by atoms with van der Waals surface area (Å²) in [7, 11) is 3.50. The van der Waals surface area contributed by atoms with E-state index in [2.05, 4.69) is 24.5 Å². The highest BCUT2D eigenvalue weighted by atomic mass is 16.5. The van der Waals surface area contributed by atoms with Crippen LogP contribution in [-0.2, 0) is 4.79 Å². The van der Waals surface area contributed by atoms with Crippen LogP contribution in [0.15, 0.2) is 18.2 Å². The quantitative estimate of drug-likeness (QED) is 0.745. The fourth-order valence-electron chi connectivity index (χ4n) is 1.81. The van der Waals surface area contributed by atoms with Gasteiger partial charge in [-0.1, -0.05) is 19.9 Å². The molecule has 0 saturated heterocycles. The molecule has 1 aromatic rings. The maximum absolute atomic E-state index is 11.8. The van der Waals surface area contributed by atoms with Crippen LogP contribution in [-0.4, -0.2) is 26.6 Å². The second kappa shape index (κ2) is 7.79. The number of methoxy groups -OCH3 is 1. The van der Waals surface area contributed by atoms with Crippen molar-refractivity contribution < 1.29 is 9.53 Å². The zero-order valence-corrected chi connectivity index (χ0v) is 12.2. The van der Waals surface area contributed by atoms with Gasteiger partial charge in [0, 0.05) is 6.42 Å². The Morgan fingerprint density at radius 2 is 2.11 bits per heavy atom. The molecule has 4 nitrogen and oxygen atoms in total. The molecule has 0 aromatic heterocycles. The van der Waals surface area contributed by atoms with Crippen molar-refractivity contribution in [3.05, 3.63) is 23.8 Å². The summed E-state index contributed by atoms with van der Waals surface area (Å²) in [4.78, 5) is 11.8. The molecule has 0 aliphatic heterocycles. The topological polar surface area (TPSA) is 50.4 Å². The lowest BCUT2D eigenvalue weighted by Gasteiger charge is -2.13. The van der Waals surface area contributed by atoms with E-state index in [0.717, 1.165) is 18.7 Å². The third-order valence-corrected chi connectivity index (χ3v) is 3.00. The van der Waals surface area contributed by atoms with Gasteiger partial charge in [0.15, 0.2) is 0 Å². The first kappa shape index (κ1) is 15.5. The molecule has 4 heteroatoms. The molecule has 19 heavy (non-hydrogen) atoms. The second-order valence-corrected chi connectivity index (χ2v) is 4.87. The van der Waals surface area contributed by atoms with Gasteiger partial charge in [-0.05, 0) is 43.6 Å². The number of anilines is 1. The number of rotatable bonds is 7. The molecule has 1 amide bonds. The van der Waals surface area contributed by atoms with Gasteiger partial charge in [-0.2, -0.15) is 0 Å². The van der Waals surface area contributed by atoms with Gasteiger partial charge in [0.05, 0.1) is 12.8 Å². The van der Waals surface area contributed by atoms with Crippen molar-refractivity contribution in [1.82, 2.24) is 5.32 Å². The maximum atomic E-state index is 11.8. The van der Waals surface area contributed by atoms with E-state index >= 15 is 0 Å². The molecule has 0 spiro atoms. The van der Waals surface area contributed by atoms with Crippen molar-refractivity contribution in [3.63, 3.8) is 0 Å². The Kier molecular flexibility index (Phi) is 6.36. The van der Waals surface area contributed by atoms with Gasteiger partial charge < -0.3 is 15.4 Å². The number of nitrogens with one attached hydrogen (secondary N) is 2. The molecule has 0 radical (unpaired) electrons. The van der Waals surface area contributed by atoms with Crippen molar-refractivity contribution in [3.8, 4) is 5.75 Å². The Labute approximate surface area is 115 Å². The van der Waals surface area contributed by atoms with Crippen molar-refractivity contribution >= 4 is 11.6 Å². The van der Waals surface area contributed by atoms with E-state index in [1.165, 1.54) is 5.56 Å². The Hall–Kier alpha value is -1.55. The molecule has 1 rings (SSSR count). The van der Waals surface area contributed by atoms with Crippen molar-refractivity contribution in [2.75, 3.05) is 26.0 Å². The maximum Gasteiger partial charge on any atom is 0.224 e. The zero-order valence-electron chi connectivity index (χ0n) is 12.2. The molecule has 0 saturated carbocycles. The summed E-state index contributed by atoms with van der Waals surface area (Å²) in [5.74, 6) is 1.17. The van der Waals surface area contributed by atoms with E-state index in [0.29, 0.717) is 18.1 Å². The Bertz CT molecular complexity index is 417. The molecular formula is C15H24N2O2. The molecule has 0 heterocycles. The number of carbonyl (C=O) groups is 1. The minimum atomic E-state index is 0.0193. The summed E-state index contributed by atoms with van der Waals surface area (Å²) in [5, 5.41) is 5.92. The third-order valence-electron chi connectivity index (χ3n) is 3.00. The van der Waals surface area contributed by atoms with Gasteiger partial charge in [-0.25, -0.2) is 0 Å². The lowest BCUT2D eigenvalue weighted by Crippen LogP contribution is -2.15. The predicted molar refractivity (Wildman–Crippen MR) is 78.9 cm³/mol. The normalized spacial score (nSPS) is 10.6. The van der Waals surface area contributed by atoms with Crippen LogP contribution in [0, 0.1) is 0 Å². The van der Waals surface area contributed by atoms with Crippen molar-refractivity contribution in [1.29, 1.82) is 0 Å². The molecule has 1 aromatic carbocycles. The van der Waals surface area contributed by atoms with E-state index in [-0.39, 0.29) is 5.91 Å². The van der Waals surface area contributed by atoms with Crippen molar-refractivity contribution in [2.24, 2.45) is 0 Å². The van der Waals surface area contributed by atoms with E-state index in [1.807, 2.05) is 25.2 Å². The van der Waals surface area contributed by atoms with Crippen LogP contribution in [0.5, 0.6) is 5.75 Å². The van der Waals surface area contributed by atoms with E-state index in [4.69, 9.17) is 4.74 Å². The lowest BCUT2D eigenvalue weighted by atomic mass is 10.0. The average Bonchev–Trinajstić information content (AvgIpc) is 2.39. The Balaban J connectivity index is 2.69. The number of hydrogen-bond acceptors (Lipinski definition) is 3. The monoisotopic (exact) mass is 264 g/mol. The fraction of sp³-hybridized carbons (Fsp3) is 0.533. The largest absolute Gasteiger partial charge is 0.495 e. The van der Waals surface area contributed by atoms with Crippen molar-refractivity contribution in [2.45, 2.75) is 32.6 Å². The summed E-state index contributed by atoms with van der Waals surface area (Å²) in [5.41, 5.74) is 1.94. The number of benzene rings is 1. The molecule has 0 unspecified atom stereocenters. The van der Waals surface area contributed by atoms with Crippen LogP contribution in [0.4, 0.5) is 5.69 Å². The second-order valence-electron chi connectivity index (χ2n) is 4.87. The van der Waals surface area contributed by atoms with E-state index < -0.39 is 0 Å². The van der Waals surface area contributed by atoms with Gasteiger partial charge in [0.1, 0.15) is 5.75 Å². The minimum Gasteiger partial charge on any atom is -0.495 e. The highest BCUT2D eigenvalue weighted by Crippen LogP contribution is 2.28. The third kappa shape index (κ3) is 4.91. The molecule has 0 atom stereocenters. The standard InChI is InChI=1S/C15H24N2O2/c1-11(2)12-7-8-13(14(10-12)19-4)17-15(18)6-5-9-16-3/h7-8,10-11,16H,5-6,9H2,1-4H3,(H,17,18). The lowest BCUT2D eigenvalue weighted by molar-refractivity contribution is -0.116.